The summed E-state index contributed by atoms with van der Waals surface area (Å²) < 4.78 is 1.16. The number of halogens is 1. The Balaban J connectivity index is 2.23. The van der Waals surface area contributed by atoms with E-state index in [1.54, 1.807) is 0 Å². The highest BCUT2D eigenvalue weighted by Crippen LogP contribution is 2.28. The highest BCUT2D eigenvalue weighted by molar-refractivity contribution is 9.12. The van der Waals surface area contributed by atoms with Crippen molar-refractivity contribution >= 4 is 15.9 Å². The van der Waals surface area contributed by atoms with Crippen molar-refractivity contribution in [3.63, 3.8) is 0 Å². The summed E-state index contributed by atoms with van der Waals surface area (Å²) >= 11 is 3.72. The zero-order chi connectivity index (χ0) is 21.2. The zero-order valence-electron chi connectivity index (χ0n) is 18.2. The molecule has 0 aliphatic carbocycles. The van der Waals surface area contributed by atoms with Crippen LogP contribution in [0.1, 0.15) is 70.1 Å². The van der Waals surface area contributed by atoms with Crippen LogP contribution in [0.4, 0.5) is 0 Å². The Bertz CT molecular complexity index is 962. The van der Waals surface area contributed by atoms with Gasteiger partial charge in [0.2, 0.25) is 0 Å². The smallest absolute Gasteiger partial charge is 0.0283 e. The summed E-state index contributed by atoms with van der Waals surface area (Å²) in [4.78, 5) is 0. The molecule has 0 spiro atoms. The molecule has 0 fully saturated rings. The number of benzene rings is 2. The number of allylic oxidation sites excluding steroid dienone is 6. The van der Waals surface area contributed by atoms with E-state index in [-0.39, 0.29) is 0 Å². The second-order valence-corrected chi connectivity index (χ2v) is 8.41. The molecule has 2 aromatic carbocycles. The lowest BCUT2D eigenvalue weighted by Gasteiger charge is -2.16. The SMILES string of the molecule is CC/C=C(C)/C(Br)=C\C(C)=C(\C)CC(C)c1ccccc1C#Cc1ccccc1. The molecule has 0 amide bonds. The van der Waals surface area contributed by atoms with Crippen LogP contribution in [0.25, 0.3) is 0 Å². The van der Waals surface area contributed by atoms with E-state index in [1.807, 2.05) is 18.2 Å². The summed E-state index contributed by atoms with van der Waals surface area (Å²) in [6, 6.07) is 18.7. The molecular formula is C28H31Br. The van der Waals surface area contributed by atoms with Gasteiger partial charge in [-0.05, 0) is 74.9 Å². The molecule has 1 atom stereocenters. The standard InChI is InChI=1S/C28H31Br/c1-6-12-21(2)28(29)20-23(4)22(3)19-24(5)27-16-11-10-15-26(27)18-17-25-13-8-7-9-14-25/h7-16,20,24H,6,19H2,1-5H3/b21-12+,23-22-,28-20+. The molecule has 2 rings (SSSR count). The summed E-state index contributed by atoms with van der Waals surface area (Å²) in [5, 5.41) is 0. The monoisotopic (exact) mass is 446 g/mol. The van der Waals surface area contributed by atoms with Crippen molar-refractivity contribution in [2.75, 3.05) is 0 Å². The Labute approximate surface area is 185 Å². The molecule has 1 heteroatoms. The minimum absolute atomic E-state index is 0.408. The quantitative estimate of drug-likeness (QED) is 0.307. The summed E-state index contributed by atoms with van der Waals surface area (Å²) in [5.41, 5.74) is 7.49. The van der Waals surface area contributed by atoms with Gasteiger partial charge in [0.05, 0.1) is 0 Å². The molecule has 0 N–H and O–H groups in total. The van der Waals surface area contributed by atoms with Crippen molar-refractivity contribution in [3.8, 4) is 11.8 Å². The third-order valence-corrected chi connectivity index (χ3v) is 5.98. The maximum absolute atomic E-state index is 3.72. The molecule has 0 aromatic heterocycles. The largest absolute Gasteiger partial charge is 0.0807 e. The van der Waals surface area contributed by atoms with Crippen LogP contribution in [0.15, 0.2) is 88.0 Å². The lowest BCUT2D eigenvalue weighted by molar-refractivity contribution is 0.745. The van der Waals surface area contributed by atoms with Gasteiger partial charge in [0, 0.05) is 15.6 Å². The van der Waals surface area contributed by atoms with Crippen molar-refractivity contribution in [2.45, 2.75) is 53.4 Å². The molecule has 0 aliphatic rings. The van der Waals surface area contributed by atoms with Gasteiger partial charge < -0.3 is 0 Å². The van der Waals surface area contributed by atoms with Gasteiger partial charge in [0.25, 0.3) is 0 Å². The molecule has 2 aromatic rings. The summed E-state index contributed by atoms with van der Waals surface area (Å²) in [5.74, 6) is 7.09. The first-order chi connectivity index (χ1) is 13.9. The predicted octanol–water partition coefficient (Wildman–Crippen LogP) is 8.55. The molecule has 0 nitrogen and oxygen atoms in total. The van der Waals surface area contributed by atoms with E-state index in [0.717, 1.165) is 28.5 Å². The van der Waals surface area contributed by atoms with E-state index in [4.69, 9.17) is 0 Å². The topological polar surface area (TPSA) is 0 Å². The van der Waals surface area contributed by atoms with Gasteiger partial charge in [0.1, 0.15) is 0 Å². The first-order valence-electron chi connectivity index (χ1n) is 10.3. The van der Waals surface area contributed by atoms with Gasteiger partial charge in [-0.2, -0.15) is 0 Å². The molecule has 0 aliphatic heterocycles. The minimum atomic E-state index is 0.408. The third kappa shape index (κ3) is 7.22. The van der Waals surface area contributed by atoms with Crippen LogP contribution in [0.5, 0.6) is 0 Å². The Morgan fingerprint density at radius 1 is 0.966 bits per heavy atom. The van der Waals surface area contributed by atoms with E-state index in [0.29, 0.717) is 5.92 Å². The van der Waals surface area contributed by atoms with Crippen molar-refractivity contribution < 1.29 is 0 Å². The average Bonchev–Trinajstić information content (AvgIpc) is 2.73. The van der Waals surface area contributed by atoms with Crippen molar-refractivity contribution in [1.29, 1.82) is 0 Å². The molecule has 1 unspecified atom stereocenters. The second kappa shape index (κ2) is 11.6. The molecule has 0 heterocycles. The molecule has 0 radical (unpaired) electrons. The van der Waals surface area contributed by atoms with Gasteiger partial charge in [-0.25, -0.2) is 0 Å². The molecule has 29 heavy (non-hydrogen) atoms. The van der Waals surface area contributed by atoms with Crippen LogP contribution < -0.4 is 0 Å². The normalized spacial score (nSPS) is 14.0. The maximum Gasteiger partial charge on any atom is 0.0283 e. The molecule has 0 bridgehead atoms. The Hall–Kier alpha value is -2.30. The van der Waals surface area contributed by atoms with Crippen LogP contribution in [0, 0.1) is 11.8 Å². The van der Waals surface area contributed by atoms with Crippen LogP contribution in [-0.4, -0.2) is 0 Å². The first-order valence-corrected chi connectivity index (χ1v) is 11.1. The molecular weight excluding hydrogens is 416 g/mol. The number of rotatable bonds is 6. The molecule has 150 valence electrons. The van der Waals surface area contributed by atoms with Crippen molar-refractivity contribution in [1.82, 2.24) is 0 Å². The van der Waals surface area contributed by atoms with E-state index >= 15 is 0 Å². The number of hydrogen-bond acceptors (Lipinski definition) is 0. The fraction of sp³-hybridized carbons (Fsp3) is 0.286. The van der Waals surface area contributed by atoms with E-state index < -0.39 is 0 Å². The van der Waals surface area contributed by atoms with Crippen molar-refractivity contribution in [2.24, 2.45) is 0 Å². The van der Waals surface area contributed by atoms with Crippen LogP contribution in [0.3, 0.4) is 0 Å². The van der Waals surface area contributed by atoms with E-state index in [1.165, 1.54) is 22.3 Å². The lowest BCUT2D eigenvalue weighted by Crippen LogP contribution is -1.99. The minimum Gasteiger partial charge on any atom is -0.0807 e. The molecule has 0 saturated heterocycles. The molecule has 0 saturated carbocycles. The first kappa shape index (κ1) is 23.0. The van der Waals surface area contributed by atoms with Crippen LogP contribution in [0.2, 0.25) is 0 Å². The summed E-state index contributed by atoms with van der Waals surface area (Å²) in [7, 11) is 0. The van der Waals surface area contributed by atoms with E-state index in [9.17, 15) is 0 Å². The number of hydrogen-bond donors (Lipinski definition) is 0. The van der Waals surface area contributed by atoms with E-state index in [2.05, 4.69) is 111 Å². The summed E-state index contributed by atoms with van der Waals surface area (Å²) in [6.45, 7) is 11.0. The second-order valence-electron chi connectivity index (χ2n) is 7.56. The van der Waals surface area contributed by atoms with Gasteiger partial charge in [-0.1, -0.05) is 95.2 Å². The predicted molar refractivity (Wildman–Crippen MR) is 131 cm³/mol. The fourth-order valence-corrected chi connectivity index (χ4v) is 3.77. The average molecular weight is 447 g/mol. The van der Waals surface area contributed by atoms with Gasteiger partial charge in [0.15, 0.2) is 0 Å². The Morgan fingerprint density at radius 3 is 2.31 bits per heavy atom. The zero-order valence-corrected chi connectivity index (χ0v) is 19.8. The highest BCUT2D eigenvalue weighted by atomic mass is 79.9. The lowest BCUT2D eigenvalue weighted by atomic mass is 9.89. The third-order valence-electron chi connectivity index (χ3n) is 5.12. The maximum atomic E-state index is 3.72. The highest BCUT2D eigenvalue weighted by Gasteiger charge is 2.11. The Kier molecular flexibility index (Phi) is 9.23. The van der Waals surface area contributed by atoms with Gasteiger partial charge in [-0.3, -0.25) is 0 Å². The Morgan fingerprint density at radius 2 is 1.62 bits per heavy atom. The van der Waals surface area contributed by atoms with Gasteiger partial charge in [-0.15, -0.1) is 0 Å². The fourth-order valence-electron chi connectivity index (χ4n) is 3.26. The van der Waals surface area contributed by atoms with Crippen molar-refractivity contribution in [3.05, 3.63) is 105 Å². The van der Waals surface area contributed by atoms with Crippen LogP contribution >= 0.6 is 15.9 Å². The van der Waals surface area contributed by atoms with Gasteiger partial charge >= 0.3 is 0 Å². The van der Waals surface area contributed by atoms with Crippen LogP contribution in [-0.2, 0) is 0 Å². The summed E-state index contributed by atoms with van der Waals surface area (Å²) in [6.07, 6.45) is 6.55.